The fraction of sp³-hybridized carbons (Fsp3) is 0.857. The van der Waals surface area contributed by atoms with Crippen molar-refractivity contribution in [1.82, 2.24) is 10.2 Å². The van der Waals surface area contributed by atoms with Crippen LogP contribution >= 0.6 is 12.2 Å². The number of nitrogens with zero attached hydrogens (tertiary/aromatic N) is 1. The first-order valence-corrected chi connectivity index (χ1v) is 7.74. The lowest BCUT2D eigenvalue weighted by Gasteiger charge is -2.34. The van der Waals surface area contributed by atoms with Gasteiger partial charge in [0.1, 0.15) is 0 Å². The maximum Gasteiger partial charge on any atom is 0.233 e. The zero-order valence-electron chi connectivity index (χ0n) is 11.9. The zero-order chi connectivity index (χ0) is 14.0. The van der Waals surface area contributed by atoms with Crippen molar-refractivity contribution in [2.24, 2.45) is 11.1 Å². The van der Waals surface area contributed by atoms with Crippen LogP contribution in [0.25, 0.3) is 0 Å². The highest BCUT2D eigenvalue weighted by molar-refractivity contribution is 7.80. The number of piperidine rings is 1. The lowest BCUT2D eigenvalue weighted by atomic mass is 9.85. The van der Waals surface area contributed by atoms with E-state index in [1.807, 2.05) is 13.8 Å². The second-order valence-corrected chi connectivity index (χ2v) is 6.46. The van der Waals surface area contributed by atoms with E-state index in [-0.39, 0.29) is 11.9 Å². The number of rotatable bonds is 4. The number of hydrogen-bond acceptors (Lipinski definition) is 3. The van der Waals surface area contributed by atoms with Crippen molar-refractivity contribution < 1.29 is 4.79 Å². The third-order valence-electron chi connectivity index (χ3n) is 4.92. The molecule has 1 amide bonds. The second-order valence-electron chi connectivity index (χ2n) is 6.02. The predicted octanol–water partition coefficient (Wildman–Crippen LogP) is 1.43. The number of amides is 1. The average molecular weight is 283 g/mol. The molecule has 0 aromatic carbocycles. The van der Waals surface area contributed by atoms with Gasteiger partial charge in [0.05, 0.1) is 10.4 Å². The molecule has 2 fully saturated rings. The Bertz CT molecular complexity index is 374. The van der Waals surface area contributed by atoms with Gasteiger partial charge in [-0.2, -0.15) is 0 Å². The molecular weight excluding hydrogens is 258 g/mol. The van der Waals surface area contributed by atoms with Crippen LogP contribution in [0.4, 0.5) is 0 Å². The summed E-state index contributed by atoms with van der Waals surface area (Å²) in [7, 11) is 0. The molecule has 0 bridgehead atoms. The first-order chi connectivity index (χ1) is 8.99. The predicted molar refractivity (Wildman–Crippen MR) is 80.9 cm³/mol. The van der Waals surface area contributed by atoms with Crippen molar-refractivity contribution in [3.8, 4) is 0 Å². The molecule has 0 spiro atoms. The Morgan fingerprint density at radius 1 is 1.42 bits per heavy atom. The molecule has 0 aliphatic carbocycles. The zero-order valence-corrected chi connectivity index (χ0v) is 12.8. The minimum absolute atomic E-state index is 0.0000709. The lowest BCUT2D eigenvalue weighted by molar-refractivity contribution is -0.128. The van der Waals surface area contributed by atoms with Gasteiger partial charge in [0.2, 0.25) is 5.91 Å². The van der Waals surface area contributed by atoms with E-state index in [1.54, 1.807) is 0 Å². The fourth-order valence-corrected chi connectivity index (χ4v) is 3.43. The van der Waals surface area contributed by atoms with E-state index in [9.17, 15) is 4.79 Å². The van der Waals surface area contributed by atoms with Crippen molar-refractivity contribution in [2.75, 3.05) is 13.1 Å². The molecule has 4 nitrogen and oxygen atoms in total. The number of hydrogen-bond donors (Lipinski definition) is 2. The van der Waals surface area contributed by atoms with Crippen LogP contribution in [0.5, 0.6) is 0 Å². The normalized spacial score (nSPS) is 30.4. The smallest absolute Gasteiger partial charge is 0.233 e. The standard InChI is InChI=1S/C14H25N3OS/c1-3-14(2,12(15)19)13(18)16-10-7-9-17-8-5-4-6-11(10)17/h10-11H,3-9H2,1-2H3,(H2,15,19)(H,16,18). The van der Waals surface area contributed by atoms with Gasteiger partial charge in [-0.05, 0) is 39.2 Å². The van der Waals surface area contributed by atoms with Crippen molar-refractivity contribution in [2.45, 2.75) is 58.0 Å². The molecular formula is C14H25N3OS. The topological polar surface area (TPSA) is 58.4 Å². The molecule has 2 aliphatic heterocycles. The van der Waals surface area contributed by atoms with Crippen molar-refractivity contribution in [1.29, 1.82) is 0 Å². The Morgan fingerprint density at radius 3 is 2.79 bits per heavy atom. The summed E-state index contributed by atoms with van der Waals surface area (Å²) in [5, 5.41) is 3.20. The van der Waals surface area contributed by atoms with E-state index < -0.39 is 5.41 Å². The van der Waals surface area contributed by atoms with E-state index in [1.165, 1.54) is 25.8 Å². The molecule has 0 aromatic rings. The summed E-state index contributed by atoms with van der Waals surface area (Å²) in [6, 6.07) is 0.790. The van der Waals surface area contributed by atoms with Crippen LogP contribution in [0, 0.1) is 5.41 Å². The van der Waals surface area contributed by atoms with Crippen molar-refractivity contribution in [3.05, 3.63) is 0 Å². The summed E-state index contributed by atoms with van der Waals surface area (Å²) >= 11 is 5.07. The van der Waals surface area contributed by atoms with Gasteiger partial charge in [-0.25, -0.2) is 0 Å². The van der Waals surface area contributed by atoms with E-state index in [0.717, 1.165) is 13.0 Å². The number of thiocarbonyl (C=S) groups is 1. The van der Waals surface area contributed by atoms with Gasteiger partial charge in [0.25, 0.3) is 0 Å². The molecule has 0 radical (unpaired) electrons. The molecule has 3 unspecified atom stereocenters. The molecule has 2 saturated heterocycles. The molecule has 0 saturated carbocycles. The molecule has 2 rings (SSSR count). The van der Waals surface area contributed by atoms with E-state index >= 15 is 0 Å². The molecule has 3 N–H and O–H groups in total. The fourth-order valence-electron chi connectivity index (χ4n) is 3.19. The van der Waals surface area contributed by atoms with Gasteiger partial charge in [-0.1, -0.05) is 25.6 Å². The largest absolute Gasteiger partial charge is 0.392 e. The lowest BCUT2D eigenvalue weighted by Crippen LogP contribution is -2.53. The van der Waals surface area contributed by atoms with Crippen LogP contribution in [0.2, 0.25) is 0 Å². The molecule has 2 heterocycles. The van der Waals surface area contributed by atoms with E-state index in [0.29, 0.717) is 17.5 Å². The summed E-state index contributed by atoms with van der Waals surface area (Å²) in [6.07, 6.45) is 5.45. The Balaban J connectivity index is 2.01. The van der Waals surface area contributed by atoms with Gasteiger partial charge in [-0.15, -0.1) is 0 Å². The molecule has 0 aromatic heterocycles. The Hall–Kier alpha value is -0.680. The Kier molecular flexibility index (Phi) is 4.46. The minimum atomic E-state index is -0.711. The molecule has 19 heavy (non-hydrogen) atoms. The first-order valence-electron chi connectivity index (χ1n) is 7.34. The Labute approximate surface area is 121 Å². The highest BCUT2D eigenvalue weighted by Gasteiger charge is 2.40. The number of carbonyl (C=O) groups is 1. The van der Waals surface area contributed by atoms with Crippen LogP contribution in [0.1, 0.15) is 46.0 Å². The van der Waals surface area contributed by atoms with Crippen LogP contribution in [-0.2, 0) is 4.79 Å². The number of nitrogens with two attached hydrogens (primary N) is 1. The van der Waals surface area contributed by atoms with Crippen LogP contribution in [-0.4, -0.2) is 41.0 Å². The number of fused-ring (bicyclic) bond motifs is 1. The molecule has 108 valence electrons. The summed E-state index contributed by atoms with van der Waals surface area (Å²) in [5.41, 5.74) is 5.04. The number of nitrogens with one attached hydrogen (secondary N) is 1. The summed E-state index contributed by atoms with van der Waals surface area (Å²) in [5.74, 6) is -0.0000709. The minimum Gasteiger partial charge on any atom is -0.392 e. The van der Waals surface area contributed by atoms with Crippen molar-refractivity contribution >= 4 is 23.1 Å². The SMILES string of the molecule is CCC(C)(C(=O)NC1CCN2CCCCC12)C(N)=S. The Morgan fingerprint density at radius 2 is 2.16 bits per heavy atom. The molecule has 2 aliphatic rings. The first kappa shape index (κ1) is 14.7. The second kappa shape index (κ2) is 5.75. The van der Waals surface area contributed by atoms with Crippen LogP contribution < -0.4 is 11.1 Å². The average Bonchev–Trinajstić information content (AvgIpc) is 2.81. The third kappa shape index (κ3) is 2.77. The number of carbonyl (C=O) groups excluding carboxylic acids is 1. The monoisotopic (exact) mass is 283 g/mol. The summed E-state index contributed by atoms with van der Waals surface area (Å²) in [6.45, 7) is 6.08. The van der Waals surface area contributed by atoms with Gasteiger partial charge in [-0.3, -0.25) is 9.69 Å². The maximum absolute atomic E-state index is 12.5. The van der Waals surface area contributed by atoms with Gasteiger partial charge < -0.3 is 11.1 Å². The third-order valence-corrected chi connectivity index (χ3v) is 5.38. The van der Waals surface area contributed by atoms with E-state index in [2.05, 4.69) is 10.2 Å². The van der Waals surface area contributed by atoms with Gasteiger partial charge >= 0.3 is 0 Å². The molecule has 5 heteroatoms. The highest BCUT2D eigenvalue weighted by Crippen LogP contribution is 2.29. The maximum atomic E-state index is 12.5. The van der Waals surface area contributed by atoms with Gasteiger partial charge in [0, 0.05) is 18.6 Å². The highest BCUT2D eigenvalue weighted by atomic mass is 32.1. The van der Waals surface area contributed by atoms with Crippen molar-refractivity contribution in [3.63, 3.8) is 0 Å². The molecule has 3 atom stereocenters. The quantitative estimate of drug-likeness (QED) is 0.766. The van der Waals surface area contributed by atoms with Gasteiger partial charge in [0.15, 0.2) is 0 Å². The summed E-state index contributed by atoms with van der Waals surface area (Å²) < 4.78 is 0. The van der Waals surface area contributed by atoms with Crippen LogP contribution in [0.15, 0.2) is 0 Å². The summed E-state index contributed by atoms with van der Waals surface area (Å²) in [4.78, 5) is 15.3. The van der Waals surface area contributed by atoms with E-state index in [4.69, 9.17) is 18.0 Å². The van der Waals surface area contributed by atoms with Crippen LogP contribution in [0.3, 0.4) is 0 Å².